The third-order valence-electron chi connectivity index (χ3n) is 2.49. The Morgan fingerprint density at radius 1 is 1.60 bits per heavy atom. The van der Waals surface area contributed by atoms with E-state index < -0.39 is 22.0 Å². The molecule has 1 amide bonds. The molecule has 9 nitrogen and oxygen atoms in total. The monoisotopic (exact) mass is 305 g/mol. The summed E-state index contributed by atoms with van der Waals surface area (Å²) < 4.78 is 32.5. The van der Waals surface area contributed by atoms with Crippen LogP contribution in [0.15, 0.2) is 11.4 Å². The summed E-state index contributed by atoms with van der Waals surface area (Å²) >= 11 is 0. The summed E-state index contributed by atoms with van der Waals surface area (Å²) in [6.07, 6.45) is 1.28. The first-order valence-electron chi connectivity index (χ1n) is 5.85. The predicted molar refractivity (Wildman–Crippen MR) is 72.3 cm³/mol. The maximum atomic E-state index is 12.1. The molecule has 1 rings (SSSR count). The Morgan fingerprint density at radius 3 is 2.75 bits per heavy atom. The van der Waals surface area contributed by atoms with Gasteiger partial charge in [0, 0.05) is 20.7 Å². The van der Waals surface area contributed by atoms with Crippen LogP contribution in [-0.4, -0.2) is 50.2 Å². The van der Waals surface area contributed by atoms with Gasteiger partial charge in [0.1, 0.15) is 0 Å². The Morgan fingerprint density at radius 2 is 2.25 bits per heavy atom. The van der Waals surface area contributed by atoms with E-state index in [0.717, 1.165) is 0 Å². The van der Waals surface area contributed by atoms with Crippen molar-refractivity contribution in [1.82, 2.24) is 19.6 Å². The zero-order valence-electron chi connectivity index (χ0n) is 11.6. The minimum atomic E-state index is -3.92. The molecule has 0 aliphatic rings. The van der Waals surface area contributed by atoms with Gasteiger partial charge in [-0.15, -0.1) is 0 Å². The lowest BCUT2D eigenvalue weighted by Crippen LogP contribution is -2.45. The summed E-state index contributed by atoms with van der Waals surface area (Å²) in [7, 11) is -0.915. The fourth-order valence-electron chi connectivity index (χ4n) is 1.54. The highest BCUT2D eigenvalue weighted by atomic mass is 32.2. The molecule has 1 atom stereocenters. The van der Waals surface area contributed by atoms with Gasteiger partial charge in [-0.05, 0) is 6.92 Å². The number of carbonyl (C=O) groups excluding carboxylic acids is 1. The molecule has 0 saturated heterocycles. The van der Waals surface area contributed by atoms with Gasteiger partial charge in [0.2, 0.25) is 5.91 Å². The van der Waals surface area contributed by atoms with Crippen LogP contribution >= 0.6 is 0 Å². The number of imidazole rings is 1. The second-order valence-corrected chi connectivity index (χ2v) is 5.80. The Bertz CT molecular complexity index is 549. The van der Waals surface area contributed by atoms with E-state index in [1.807, 2.05) is 0 Å². The first-order valence-corrected chi connectivity index (χ1v) is 7.33. The molecule has 20 heavy (non-hydrogen) atoms. The van der Waals surface area contributed by atoms with Crippen LogP contribution < -0.4 is 15.8 Å². The number of ether oxygens (including phenoxy) is 1. The highest BCUT2D eigenvalue weighted by Gasteiger charge is 2.26. The molecular formula is C10H19N5O4S. The van der Waals surface area contributed by atoms with E-state index in [0.29, 0.717) is 13.2 Å². The maximum Gasteiger partial charge on any atom is 0.260 e. The second-order valence-electron chi connectivity index (χ2n) is 4.17. The number of nitrogens with two attached hydrogens (primary N) is 1. The number of amides is 1. The number of nitrogen functional groups attached to an aromatic ring is 1. The van der Waals surface area contributed by atoms with Crippen LogP contribution in [0.1, 0.15) is 6.92 Å². The number of hydrogen-bond acceptors (Lipinski definition) is 6. The summed E-state index contributed by atoms with van der Waals surface area (Å²) in [6, 6.07) is -0.939. The molecule has 0 aromatic carbocycles. The van der Waals surface area contributed by atoms with Crippen molar-refractivity contribution in [1.29, 1.82) is 0 Å². The first-order chi connectivity index (χ1) is 9.29. The first kappa shape index (κ1) is 16.4. The topological polar surface area (TPSA) is 128 Å². The van der Waals surface area contributed by atoms with Gasteiger partial charge in [-0.3, -0.25) is 4.79 Å². The van der Waals surface area contributed by atoms with Crippen LogP contribution in [-0.2, 0) is 26.6 Å². The van der Waals surface area contributed by atoms with Crippen LogP contribution in [0.25, 0.3) is 0 Å². The van der Waals surface area contributed by atoms with E-state index in [-0.39, 0.29) is 10.8 Å². The third-order valence-corrected chi connectivity index (χ3v) is 4.16. The number of methoxy groups -OCH3 is 1. The summed E-state index contributed by atoms with van der Waals surface area (Å²) in [5, 5.41) is 2.36. The number of hydrogen-bond donors (Lipinski definition) is 3. The molecule has 1 unspecified atom stereocenters. The van der Waals surface area contributed by atoms with Crippen molar-refractivity contribution in [2.75, 3.05) is 26.0 Å². The van der Waals surface area contributed by atoms with Crippen molar-refractivity contribution in [3.63, 3.8) is 0 Å². The molecule has 0 aliphatic heterocycles. The number of nitrogens with one attached hydrogen (secondary N) is 2. The summed E-state index contributed by atoms with van der Waals surface area (Å²) in [5.41, 5.74) is 5.51. The molecule has 0 radical (unpaired) electrons. The lowest BCUT2D eigenvalue weighted by molar-refractivity contribution is -0.122. The maximum absolute atomic E-state index is 12.1. The second kappa shape index (κ2) is 6.68. The quantitative estimate of drug-likeness (QED) is 0.522. The number of carbonyl (C=O) groups is 1. The van der Waals surface area contributed by atoms with Gasteiger partial charge >= 0.3 is 0 Å². The molecule has 0 bridgehead atoms. The van der Waals surface area contributed by atoms with Gasteiger partial charge < -0.3 is 20.4 Å². The van der Waals surface area contributed by atoms with E-state index in [2.05, 4.69) is 15.0 Å². The molecule has 0 aliphatic carbocycles. The molecule has 1 aromatic heterocycles. The fraction of sp³-hybridized carbons (Fsp3) is 0.600. The molecule has 4 N–H and O–H groups in total. The molecule has 0 fully saturated rings. The Labute approximate surface area is 117 Å². The minimum absolute atomic E-state index is 0.119. The molecule has 1 heterocycles. The van der Waals surface area contributed by atoms with Crippen molar-refractivity contribution < 1.29 is 17.9 Å². The van der Waals surface area contributed by atoms with Crippen LogP contribution in [0.2, 0.25) is 0 Å². The van der Waals surface area contributed by atoms with Gasteiger partial charge in [-0.1, -0.05) is 0 Å². The highest BCUT2D eigenvalue weighted by molar-refractivity contribution is 7.89. The molecular weight excluding hydrogens is 286 g/mol. The smallest absolute Gasteiger partial charge is 0.260 e. The van der Waals surface area contributed by atoms with E-state index >= 15 is 0 Å². The molecule has 0 saturated carbocycles. The van der Waals surface area contributed by atoms with Gasteiger partial charge in [-0.2, -0.15) is 4.72 Å². The van der Waals surface area contributed by atoms with Gasteiger partial charge in [-0.25, -0.2) is 13.4 Å². The Balaban J connectivity index is 2.74. The molecule has 10 heteroatoms. The zero-order chi connectivity index (χ0) is 15.3. The van der Waals surface area contributed by atoms with Crippen molar-refractivity contribution in [3.8, 4) is 0 Å². The van der Waals surface area contributed by atoms with E-state index in [1.54, 1.807) is 0 Å². The van der Waals surface area contributed by atoms with Gasteiger partial charge in [0.15, 0.2) is 10.8 Å². The third kappa shape index (κ3) is 3.92. The largest absolute Gasteiger partial charge is 0.383 e. The molecule has 0 spiro atoms. The fourth-order valence-corrected chi connectivity index (χ4v) is 2.97. The summed E-state index contributed by atoms with van der Waals surface area (Å²) in [4.78, 5) is 15.4. The highest BCUT2D eigenvalue weighted by Crippen LogP contribution is 2.15. The number of rotatable bonds is 7. The molecule has 1 aromatic rings. The number of anilines is 1. The lowest BCUT2D eigenvalue weighted by Gasteiger charge is -2.14. The SMILES string of the molecule is COCCNC(=O)C(C)NS(=O)(=O)c1c(N)ncn1C. The van der Waals surface area contributed by atoms with Crippen molar-refractivity contribution >= 4 is 21.7 Å². The zero-order valence-corrected chi connectivity index (χ0v) is 12.4. The van der Waals surface area contributed by atoms with Gasteiger partial charge in [0.25, 0.3) is 10.0 Å². The standard InChI is InChI=1S/C10H19N5O4S/c1-7(9(16)12-4-5-19-3)14-20(17,18)10-8(11)13-6-15(10)2/h6-7,14H,4-5,11H2,1-3H3,(H,12,16). The van der Waals surface area contributed by atoms with Crippen LogP contribution in [0.5, 0.6) is 0 Å². The van der Waals surface area contributed by atoms with E-state index in [9.17, 15) is 13.2 Å². The normalized spacial score (nSPS) is 13.2. The number of aryl methyl sites for hydroxylation is 1. The van der Waals surface area contributed by atoms with Crippen molar-refractivity contribution in [3.05, 3.63) is 6.33 Å². The van der Waals surface area contributed by atoms with Crippen molar-refractivity contribution in [2.45, 2.75) is 18.0 Å². The van der Waals surface area contributed by atoms with Crippen LogP contribution in [0.3, 0.4) is 0 Å². The summed E-state index contributed by atoms with van der Waals surface area (Å²) in [6.45, 7) is 2.08. The van der Waals surface area contributed by atoms with E-state index in [1.165, 1.54) is 32.0 Å². The number of nitrogens with zero attached hydrogens (tertiary/aromatic N) is 2. The van der Waals surface area contributed by atoms with E-state index in [4.69, 9.17) is 10.5 Å². The predicted octanol–water partition coefficient (Wildman–Crippen LogP) is -1.57. The molecule has 114 valence electrons. The van der Waals surface area contributed by atoms with Crippen LogP contribution in [0.4, 0.5) is 5.82 Å². The summed E-state index contributed by atoms with van der Waals surface area (Å²) in [5.74, 6) is -0.571. The lowest BCUT2D eigenvalue weighted by atomic mass is 10.3. The van der Waals surface area contributed by atoms with Crippen molar-refractivity contribution in [2.24, 2.45) is 7.05 Å². The Kier molecular flexibility index (Phi) is 5.48. The van der Waals surface area contributed by atoms with Gasteiger partial charge in [0.05, 0.1) is 19.0 Å². The average molecular weight is 305 g/mol. The minimum Gasteiger partial charge on any atom is -0.383 e. The van der Waals surface area contributed by atoms with Crippen LogP contribution in [0, 0.1) is 0 Å². The number of aromatic nitrogens is 2. The Hall–Kier alpha value is -1.65. The number of sulfonamides is 1. The average Bonchev–Trinajstić information content (AvgIpc) is 2.69.